The van der Waals surface area contributed by atoms with Crippen LogP contribution in [0.2, 0.25) is 0 Å². The van der Waals surface area contributed by atoms with Gasteiger partial charge in [-0.1, -0.05) is 43.7 Å². The maximum Gasteiger partial charge on any atom is 0.255 e. The quantitative estimate of drug-likeness (QED) is 0.712. The predicted molar refractivity (Wildman–Crippen MR) is 110 cm³/mol. The molecule has 1 aliphatic heterocycles. The Morgan fingerprint density at radius 3 is 2.52 bits per heavy atom. The largest absolute Gasteiger partial charge is 0.489 e. The predicted octanol–water partition coefficient (Wildman–Crippen LogP) is 4.88. The molecule has 1 heterocycles. The maximum atomic E-state index is 12.5. The van der Waals surface area contributed by atoms with Gasteiger partial charge in [-0.2, -0.15) is 0 Å². The van der Waals surface area contributed by atoms with Crippen LogP contribution < -0.4 is 10.1 Å². The Bertz CT molecular complexity index is 747. The Morgan fingerprint density at radius 2 is 1.81 bits per heavy atom. The average molecular weight is 364 g/mol. The molecule has 0 aromatic heterocycles. The molecule has 0 aliphatic carbocycles. The molecule has 3 rings (SSSR count). The lowest BCUT2D eigenvalue weighted by Gasteiger charge is -2.19. The molecule has 1 aliphatic rings. The van der Waals surface area contributed by atoms with E-state index in [-0.39, 0.29) is 5.91 Å². The highest BCUT2D eigenvalue weighted by Crippen LogP contribution is 2.19. The van der Waals surface area contributed by atoms with Crippen LogP contribution in [0, 0.1) is 0 Å². The normalized spacial score (nSPS) is 15.0. The van der Waals surface area contributed by atoms with Crippen LogP contribution in [0.1, 0.15) is 41.6 Å². The highest BCUT2D eigenvalue weighted by molar-refractivity contribution is 6.04. The highest BCUT2D eigenvalue weighted by Gasteiger charge is 2.11. The smallest absolute Gasteiger partial charge is 0.255 e. The number of carbonyl (C=O) groups is 1. The number of ether oxygens (including phenoxy) is 1. The van der Waals surface area contributed by atoms with Gasteiger partial charge >= 0.3 is 0 Å². The van der Waals surface area contributed by atoms with Crippen LogP contribution in [0.15, 0.2) is 61.2 Å². The van der Waals surface area contributed by atoms with Gasteiger partial charge in [-0.3, -0.25) is 9.69 Å². The van der Waals surface area contributed by atoms with Crippen LogP contribution in [0.3, 0.4) is 0 Å². The molecule has 27 heavy (non-hydrogen) atoms. The first-order chi connectivity index (χ1) is 13.2. The van der Waals surface area contributed by atoms with E-state index < -0.39 is 0 Å². The Morgan fingerprint density at radius 1 is 1.07 bits per heavy atom. The molecular formula is C23H28N2O2. The van der Waals surface area contributed by atoms with Crippen molar-refractivity contribution in [3.63, 3.8) is 0 Å². The number of rotatable bonds is 7. The van der Waals surface area contributed by atoms with Crippen molar-refractivity contribution in [3.8, 4) is 5.75 Å². The second-order valence-electron chi connectivity index (χ2n) is 6.97. The van der Waals surface area contributed by atoms with Crippen LogP contribution in [0.5, 0.6) is 5.75 Å². The topological polar surface area (TPSA) is 41.6 Å². The summed E-state index contributed by atoms with van der Waals surface area (Å²) in [5, 5.41) is 2.93. The fraction of sp³-hybridized carbons (Fsp3) is 0.348. The fourth-order valence-corrected chi connectivity index (χ4v) is 3.34. The molecule has 0 spiro atoms. The van der Waals surface area contributed by atoms with Crippen LogP contribution in [0.25, 0.3) is 0 Å². The van der Waals surface area contributed by atoms with Gasteiger partial charge in [0.1, 0.15) is 12.4 Å². The van der Waals surface area contributed by atoms with Gasteiger partial charge in [0.05, 0.1) is 0 Å². The minimum Gasteiger partial charge on any atom is -0.489 e. The van der Waals surface area contributed by atoms with Crippen molar-refractivity contribution >= 4 is 11.6 Å². The number of hydrogen-bond acceptors (Lipinski definition) is 3. The zero-order chi connectivity index (χ0) is 18.9. The molecule has 142 valence electrons. The number of likely N-dealkylation sites (tertiary alicyclic amines) is 1. The van der Waals surface area contributed by atoms with Crippen molar-refractivity contribution in [2.75, 3.05) is 25.0 Å². The lowest BCUT2D eigenvalue weighted by atomic mass is 10.1. The Kier molecular flexibility index (Phi) is 7.05. The zero-order valence-electron chi connectivity index (χ0n) is 15.8. The summed E-state index contributed by atoms with van der Waals surface area (Å²) in [6, 6.07) is 15.3. The summed E-state index contributed by atoms with van der Waals surface area (Å²) in [5.41, 5.74) is 2.63. The van der Waals surface area contributed by atoms with E-state index in [0.29, 0.717) is 17.9 Å². The Labute approximate surface area is 161 Å². The van der Waals surface area contributed by atoms with Crippen molar-refractivity contribution in [2.45, 2.75) is 32.2 Å². The van der Waals surface area contributed by atoms with Crippen LogP contribution in [-0.4, -0.2) is 30.5 Å². The van der Waals surface area contributed by atoms with E-state index in [9.17, 15) is 4.79 Å². The van der Waals surface area contributed by atoms with Gasteiger partial charge in [0.25, 0.3) is 5.91 Å². The Hall–Kier alpha value is -2.59. The minimum atomic E-state index is -0.114. The summed E-state index contributed by atoms with van der Waals surface area (Å²) in [4.78, 5) is 15.0. The number of amides is 1. The SMILES string of the molecule is C=CCOc1cccc(NC(=O)c2ccc(CN3CCCCCC3)cc2)c1. The number of hydrogen-bond donors (Lipinski definition) is 1. The second-order valence-corrected chi connectivity index (χ2v) is 6.97. The molecule has 0 radical (unpaired) electrons. The average Bonchev–Trinajstić information content (AvgIpc) is 2.96. The standard InChI is InChI=1S/C23H28N2O2/c1-2-16-27-22-9-7-8-21(17-22)24-23(26)20-12-10-19(11-13-20)18-25-14-5-3-4-6-15-25/h2,7-13,17H,1,3-6,14-16,18H2,(H,24,26). The van der Waals surface area contributed by atoms with Crippen LogP contribution in [-0.2, 0) is 6.54 Å². The minimum absolute atomic E-state index is 0.114. The molecule has 0 saturated carbocycles. The van der Waals surface area contributed by atoms with Crippen molar-refractivity contribution < 1.29 is 9.53 Å². The van der Waals surface area contributed by atoms with Crippen molar-refractivity contribution in [3.05, 3.63) is 72.3 Å². The zero-order valence-corrected chi connectivity index (χ0v) is 15.8. The first-order valence-corrected chi connectivity index (χ1v) is 9.71. The third-order valence-electron chi connectivity index (χ3n) is 4.78. The van der Waals surface area contributed by atoms with Crippen molar-refractivity contribution in [1.29, 1.82) is 0 Å². The Balaban J connectivity index is 1.57. The summed E-state index contributed by atoms with van der Waals surface area (Å²) in [6.07, 6.45) is 6.95. The van der Waals surface area contributed by atoms with Gasteiger partial charge in [-0.15, -0.1) is 0 Å². The summed E-state index contributed by atoms with van der Waals surface area (Å²) in [5.74, 6) is 0.595. The van der Waals surface area contributed by atoms with Crippen molar-refractivity contribution in [2.24, 2.45) is 0 Å². The third-order valence-corrected chi connectivity index (χ3v) is 4.78. The van der Waals surface area contributed by atoms with E-state index in [1.807, 2.05) is 36.4 Å². The lowest BCUT2D eigenvalue weighted by Crippen LogP contribution is -2.24. The summed E-state index contributed by atoms with van der Waals surface area (Å²) in [6.45, 7) is 7.39. The molecule has 1 fully saturated rings. The summed E-state index contributed by atoms with van der Waals surface area (Å²) >= 11 is 0. The van der Waals surface area contributed by atoms with Gasteiger partial charge in [0.15, 0.2) is 0 Å². The molecule has 4 heteroatoms. The third kappa shape index (κ3) is 5.97. The first-order valence-electron chi connectivity index (χ1n) is 9.71. The second kappa shape index (κ2) is 9.93. The molecule has 1 saturated heterocycles. The molecule has 1 amide bonds. The maximum absolute atomic E-state index is 12.5. The molecule has 4 nitrogen and oxygen atoms in total. The summed E-state index contributed by atoms with van der Waals surface area (Å²) < 4.78 is 5.51. The van der Waals surface area contributed by atoms with E-state index in [1.54, 1.807) is 6.08 Å². The number of benzene rings is 2. The van der Waals surface area contributed by atoms with Gasteiger partial charge < -0.3 is 10.1 Å². The number of nitrogens with one attached hydrogen (secondary N) is 1. The molecule has 0 unspecified atom stereocenters. The van der Waals surface area contributed by atoms with Crippen LogP contribution in [0.4, 0.5) is 5.69 Å². The number of anilines is 1. The molecule has 0 bridgehead atoms. The lowest BCUT2D eigenvalue weighted by molar-refractivity contribution is 0.102. The van der Waals surface area contributed by atoms with Crippen LogP contribution >= 0.6 is 0 Å². The van der Waals surface area contributed by atoms with E-state index in [0.717, 1.165) is 12.2 Å². The molecule has 2 aromatic rings. The van der Waals surface area contributed by atoms with Gasteiger partial charge in [-0.05, 0) is 55.8 Å². The number of nitrogens with zero attached hydrogens (tertiary/aromatic N) is 1. The van der Waals surface area contributed by atoms with E-state index in [1.165, 1.54) is 44.3 Å². The van der Waals surface area contributed by atoms with Gasteiger partial charge in [-0.25, -0.2) is 0 Å². The first kappa shape index (κ1) is 19.2. The van der Waals surface area contributed by atoms with Gasteiger partial charge in [0, 0.05) is 23.9 Å². The molecule has 0 atom stereocenters. The highest BCUT2D eigenvalue weighted by atomic mass is 16.5. The van der Waals surface area contributed by atoms with Crippen molar-refractivity contribution in [1.82, 2.24) is 4.90 Å². The van der Waals surface area contributed by atoms with E-state index in [4.69, 9.17) is 4.74 Å². The molecule has 1 N–H and O–H groups in total. The van der Waals surface area contributed by atoms with E-state index in [2.05, 4.69) is 28.9 Å². The molecular weight excluding hydrogens is 336 g/mol. The fourth-order valence-electron chi connectivity index (χ4n) is 3.34. The van der Waals surface area contributed by atoms with Gasteiger partial charge in [0.2, 0.25) is 0 Å². The summed E-state index contributed by atoms with van der Waals surface area (Å²) in [7, 11) is 0. The number of carbonyl (C=O) groups excluding carboxylic acids is 1. The monoisotopic (exact) mass is 364 g/mol. The van der Waals surface area contributed by atoms with E-state index >= 15 is 0 Å². The molecule has 2 aromatic carbocycles.